The van der Waals surface area contributed by atoms with Gasteiger partial charge in [0.15, 0.2) is 0 Å². The van der Waals surface area contributed by atoms with Gasteiger partial charge in [-0.3, -0.25) is 10.2 Å². The van der Waals surface area contributed by atoms with E-state index in [0.29, 0.717) is 16.1 Å². The van der Waals surface area contributed by atoms with Crippen molar-refractivity contribution in [3.63, 3.8) is 0 Å². The van der Waals surface area contributed by atoms with Crippen LogP contribution < -0.4 is 16.8 Å². The van der Waals surface area contributed by atoms with Crippen LogP contribution in [0.25, 0.3) is 15.9 Å². The van der Waals surface area contributed by atoms with E-state index in [1.807, 2.05) is 0 Å². The van der Waals surface area contributed by atoms with Gasteiger partial charge in [0.1, 0.15) is 4.83 Å². The number of benzene rings is 1. The summed E-state index contributed by atoms with van der Waals surface area (Å²) in [5, 5.41) is 0.543. The van der Waals surface area contributed by atoms with E-state index in [1.165, 1.54) is 28.0 Å². The Morgan fingerprint density at radius 3 is 2.43 bits per heavy atom. The molecule has 0 saturated carbocycles. The highest BCUT2D eigenvalue weighted by Gasteiger charge is 2.33. The van der Waals surface area contributed by atoms with Gasteiger partial charge in [0, 0.05) is 4.88 Å². The van der Waals surface area contributed by atoms with Gasteiger partial charge < -0.3 is 0 Å². The highest BCUT2D eigenvalue weighted by molar-refractivity contribution is 7.18. The van der Waals surface area contributed by atoms with Gasteiger partial charge in [-0.15, -0.1) is 11.3 Å². The molecule has 0 radical (unpaired) electrons. The molecule has 1 atom stereocenters. The number of anilines is 1. The van der Waals surface area contributed by atoms with Crippen LogP contribution in [0, 0.1) is 11.3 Å². The first kappa shape index (κ1) is 20.9. The van der Waals surface area contributed by atoms with Crippen molar-refractivity contribution in [3.05, 3.63) is 50.6 Å². The lowest BCUT2D eigenvalue weighted by Crippen LogP contribution is -2.28. The largest absolute Gasteiger partial charge is 0.416 e. The van der Waals surface area contributed by atoms with Crippen LogP contribution in [0.5, 0.6) is 0 Å². The molecule has 3 aromatic rings. The highest BCUT2D eigenvalue weighted by atomic mass is 32.1. The van der Waals surface area contributed by atoms with Gasteiger partial charge in [-0.1, -0.05) is 20.8 Å². The van der Waals surface area contributed by atoms with Crippen LogP contribution in [0.4, 0.5) is 19.1 Å². The molecule has 3 N–H and O–H groups in total. The second kappa shape index (κ2) is 7.09. The third kappa shape index (κ3) is 3.50. The van der Waals surface area contributed by atoms with Crippen LogP contribution in [0.1, 0.15) is 43.2 Å². The standard InChI is InChI=1S/C21H23F3N4OS/c1-20(2,3)12-6-9-14-15(10-12)30-17-16(14)18(29)28(19(26-17)27-25)13-7-4-11(5-8-13)21(22,23)24/h4-5,7-8,12H,6,9-10,25H2,1-3H3,(H,26,27). The summed E-state index contributed by atoms with van der Waals surface area (Å²) in [6, 6.07) is 4.41. The molecule has 0 fully saturated rings. The molecule has 9 heteroatoms. The zero-order valence-corrected chi connectivity index (χ0v) is 17.7. The van der Waals surface area contributed by atoms with Crippen molar-refractivity contribution in [1.82, 2.24) is 9.55 Å². The third-order valence-electron chi connectivity index (χ3n) is 5.89. The minimum atomic E-state index is -4.45. The molecule has 0 bridgehead atoms. The van der Waals surface area contributed by atoms with E-state index in [9.17, 15) is 18.0 Å². The summed E-state index contributed by atoms with van der Waals surface area (Å²) in [5.74, 6) is 6.21. The third-order valence-corrected chi connectivity index (χ3v) is 7.04. The predicted octanol–water partition coefficient (Wildman–Crippen LogP) is 4.90. The molecule has 1 unspecified atom stereocenters. The van der Waals surface area contributed by atoms with Gasteiger partial charge >= 0.3 is 6.18 Å². The fourth-order valence-electron chi connectivity index (χ4n) is 4.10. The lowest BCUT2D eigenvalue weighted by atomic mass is 9.72. The number of fused-ring (bicyclic) bond motifs is 3. The molecule has 30 heavy (non-hydrogen) atoms. The summed E-state index contributed by atoms with van der Waals surface area (Å²) in [6.07, 6.45) is -1.78. The summed E-state index contributed by atoms with van der Waals surface area (Å²) >= 11 is 1.50. The second-order valence-corrected chi connectivity index (χ2v) is 9.84. The molecule has 0 aliphatic heterocycles. The van der Waals surface area contributed by atoms with Crippen LogP contribution in [-0.2, 0) is 19.0 Å². The van der Waals surface area contributed by atoms with Crippen molar-refractivity contribution in [3.8, 4) is 5.69 Å². The second-order valence-electron chi connectivity index (χ2n) is 8.75. The lowest BCUT2D eigenvalue weighted by molar-refractivity contribution is -0.137. The minimum Gasteiger partial charge on any atom is -0.293 e. The molecule has 1 aliphatic carbocycles. The first-order valence-electron chi connectivity index (χ1n) is 9.72. The van der Waals surface area contributed by atoms with Crippen LogP contribution in [0.3, 0.4) is 0 Å². The van der Waals surface area contributed by atoms with E-state index in [1.54, 1.807) is 0 Å². The Morgan fingerprint density at radius 2 is 1.87 bits per heavy atom. The Balaban J connectivity index is 1.86. The average molecular weight is 437 g/mol. The number of halogens is 3. The molecule has 0 amide bonds. The Hall–Kier alpha value is -2.39. The predicted molar refractivity (Wildman–Crippen MR) is 113 cm³/mol. The van der Waals surface area contributed by atoms with Crippen molar-refractivity contribution >= 4 is 27.5 Å². The zero-order chi connectivity index (χ0) is 21.8. The summed E-state index contributed by atoms with van der Waals surface area (Å²) < 4.78 is 40.0. The van der Waals surface area contributed by atoms with E-state index < -0.39 is 11.7 Å². The molecule has 0 saturated heterocycles. The van der Waals surface area contributed by atoms with E-state index in [4.69, 9.17) is 5.84 Å². The van der Waals surface area contributed by atoms with Crippen LogP contribution >= 0.6 is 11.3 Å². The van der Waals surface area contributed by atoms with Crippen LogP contribution in [0.2, 0.25) is 0 Å². The fourth-order valence-corrected chi connectivity index (χ4v) is 5.39. The fraction of sp³-hybridized carbons (Fsp3) is 0.429. The number of nitrogen functional groups attached to an aromatic ring is 1. The Labute approximate surface area is 175 Å². The lowest BCUT2D eigenvalue weighted by Gasteiger charge is -2.33. The number of rotatable bonds is 2. The van der Waals surface area contributed by atoms with Crippen molar-refractivity contribution in [2.75, 3.05) is 5.43 Å². The maximum Gasteiger partial charge on any atom is 0.416 e. The van der Waals surface area contributed by atoms with Gasteiger partial charge in [-0.2, -0.15) is 13.2 Å². The molecule has 4 rings (SSSR count). The number of hydrazine groups is 1. The van der Waals surface area contributed by atoms with Gasteiger partial charge in [0.05, 0.1) is 16.6 Å². The molecule has 1 aliphatic rings. The smallest absolute Gasteiger partial charge is 0.293 e. The minimum absolute atomic E-state index is 0.0956. The maximum atomic E-state index is 13.4. The summed E-state index contributed by atoms with van der Waals surface area (Å²) in [5.41, 5.74) is 2.78. The van der Waals surface area contributed by atoms with Gasteiger partial charge in [0.25, 0.3) is 5.56 Å². The number of thiophene rings is 1. The van der Waals surface area contributed by atoms with Gasteiger partial charge in [0.2, 0.25) is 5.95 Å². The number of nitrogens with two attached hydrogens (primary N) is 1. The number of hydrogen-bond acceptors (Lipinski definition) is 5. The first-order chi connectivity index (χ1) is 14.0. The van der Waals surface area contributed by atoms with Crippen LogP contribution in [-0.4, -0.2) is 9.55 Å². The molecule has 1 aromatic carbocycles. The van der Waals surface area contributed by atoms with Crippen LogP contribution in [0.15, 0.2) is 29.1 Å². The summed E-state index contributed by atoms with van der Waals surface area (Å²) in [6.45, 7) is 6.67. The van der Waals surface area contributed by atoms with Gasteiger partial charge in [-0.05, 0) is 60.4 Å². The molecule has 2 heterocycles. The number of nitrogens with zero attached hydrogens (tertiary/aromatic N) is 2. The topological polar surface area (TPSA) is 72.9 Å². The van der Waals surface area contributed by atoms with E-state index >= 15 is 0 Å². The number of aryl methyl sites for hydroxylation is 1. The molecular formula is C21H23F3N4OS. The Bertz CT molecular complexity index is 1160. The number of nitrogens with one attached hydrogen (secondary N) is 1. The SMILES string of the molecule is CC(C)(C)C1CCc2c(sc3nc(NN)n(-c4ccc(C(F)(F)F)cc4)c(=O)c23)C1. The van der Waals surface area contributed by atoms with E-state index in [0.717, 1.165) is 41.8 Å². The van der Waals surface area contributed by atoms with Crippen molar-refractivity contribution in [2.24, 2.45) is 17.2 Å². The average Bonchev–Trinajstić information content (AvgIpc) is 3.04. The Morgan fingerprint density at radius 1 is 1.20 bits per heavy atom. The molecule has 0 spiro atoms. The zero-order valence-electron chi connectivity index (χ0n) is 16.9. The number of alkyl halides is 3. The Kier molecular flexibility index (Phi) is 4.93. The van der Waals surface area contributed by atoms with Gasteiger partial charge in [-0.25, -0.2) is 15.4 Å². The summed E-state index contributed by atoms with van der Waals surface area (Å²) in [7, 11) is 0. The van der Waals surface area contributed by atoms with E-state index in [-0.39, 0.29) is 22.6 Å². The molecule has 5 nitrogen and oxygen atoms in total. The summed E-state index contributed by atoms with van der Waals surface area (Å²) in [4.78, 5) is 19.7. The van der Waals surface area contributed by atoms with E-state index in [2.05, 4.69) is 31.2 Å². The number of aromatic nitrogens is 2. The molecule has 2 aromatic heterocycles. The molecular weight excluding hydrogens is 413 g/mol. The van der Waals surface area contributed by atoms with Crippen molar-refractivity contribution < 1.29 is 13.2 Å². The highest BCUT2D eigenvalue weighted by Crippen LogP contribution is 2.42. The normalized spacial score (nSPS) is 17.2. The monoisotopic (exact) mass is 436 g/mol. The maximum absolute atomic E-state index is 13.4. The van der Waals surface area contributed by atoms with Crippen molar-refractivity contribution in [1.29, 1.82) is 0 Å². The molecule has 160 valence electrons. The van der Waals surface area contributed by atoms with Crippen molar-refractivity contribution in [2.45, 2.75) is 46.2 Å². The quantitative estimate of drug-likeness (QED) is 0.443. The number of hydrogen-bond donors (Lipinski definition) is 2. The first-order valence-corrected chi connectivity index (χ1v) is 10.5.